The summed E-state index contributed by atoms with van der Waals surface area (Å²) >= 11 is 0. The maximum Gasteiger partial charge on any atom is 0.317 e. The number of nitrogens with one attached hydrogen (secondary N) is 1. The van der Waals surface area contributed by atoms with Crippen LogP contribution in [0, 0.1) is 5.92 Å². The molecule has 2 unspecified atom stereocenters. The van der Waals surface area contributed by atoms with Gasteiger partial charge in [0.05, 0.1) is 5.92 Å². The molecule has 1 fully saturated rings. The molecule has 2 atom stereocenters. The second-order valence-electron chi connectivity index (χ2n) is 4.57. The third-order valence-corrected chi connectivity index (χ3v) is 3.27. The van der Waals surface area contributed by atoms with Crippen molar-refractivity contribution >= 4 is 12.0 Å². The first-order valence-electron chi connectivity index (χ1n) is 6.36. The van der Waals surface area contributed by atoms with Crippen LogP contribution in [-0.4, -0.2) is 41.1 Å². The largest absolute Gasteiger partial charge is 0.481 e. The Labute approximate surface area is 102 Å². The minimum absolute atomic E-state index is 0.0227. The maximum atomic E-state index is 11.9. The molecule has 0 aromatic carbocycles. The first-order chi connectivity index (χ1) is 8.08. The lowest BCUT2D eigenvalue weighted by Gasteiger charge is -2.23. The van der Waals surface area contributed by atoms with Gasteiger partial charge in [-0.3, -0.25) is 4.79 Å². The molecule has 5 heteroatoms. The van der Waals surface area contributed by atoms with Crippen LogP contribution in [0.1, 0.15) is 39.5 Å². The van der Waals surface area contributed by atoms with E-state index in [9.17, 15) is 9.59 Å². The summed E-state index contributed by atoms with van der Waals surface area (Å²) < 4.78 is 0. The molecule has 1 rings (SSSR count). The maximum absolute atomic E-state index is 11.9. The lowest BCUT2D eigenvalue weighted by atomic mass is 10.1. The topological polar surface area (TPSA) is 69.6 Å². The van der Waals surface area contributed by atoms with Crippen molar-refractivity contribution in [3.63, 3.8) is 0 Å². The Morgan fingerprint density at radius 1 is 1.35 bits per heavy atom. The number of carbonyl (C=O) groups excluding carboxylic acids is 1. The minimum Gasteiger partial charge on any atom is -0.481 e. The van der Waals surface area contributed by atoms with Crippen molar-refractivity contribution in [2.75, 3.05) is 13.1 Å². The van der Waals surface area contributed by atoms with Crippen LogP contribution in [0.25, 0.3) is 0 Å². The monoisotopic (exact) mass is 242 g/mol. The van der Waals surface area contributed by atoms with Crippen LogP contribution < -0.4 is 5.32 Å². The van der Waals surface area contributed by atoms with Gasteiger partial charge in [-0.2, -0.15) is 0 Å². The van der Waals surface area contributed by atoms with Gasteiger partial charge < -0.3 is 15.3 Å². The SMILES string of the molecule is CCCN(CC)C(=O)NC1CCC(C(=O)O)C1. The number of urea groups is 1. The molecule has 0 spiro atoms. The summed E-state index contributed by atoms with van der Waals surface area (Å²) in [7, 11) is 0. The molecule has 2 amide bonds. The number of carbonyl (C=O) groups is 2. The van der Waals surface area contributed by atoms with Crippen molar-refractivity contribution in [2.45, 2.75) is 45.6 Å². The highest BCUT2D eigenvalue weighted by Gasteiger charge is 2.31. The highest BCUT2D eigenvalue weighted by Crippen LogP contribution is 2.25. The van der Waals surface area contributed by atoms with Gasteiger partial charge in [0.25, 0.3) is 0 Å². The van der Waals surface area contributed by atoms with Crippen LogP contribution in [0.5, 0.6) is 0 Å². The quantitative estimate of drug-likeness (QED) is 0.770. The molecule has 0 radical (unpaired) electrons. The number of carboxylic acid groups (broad SMARTS) is 1. The highest BCUT2D eigenvalue weighted by atomic mass is 16.4. The average molecular weight is 242 g/mol. The number of aliphatic carboxylic acids is 1. The van der Waals surface area contributed by atoms with Crippen molar-refractivity contribution in [1.82, 2.24) is 10.2 Å². The van der Waals surface area contributed by atoms with Gasteiger partial charge >= 0.3 is 12.0 Å². The first kappa shape index (κ1) is 13.8. The van der Waals surface area contributed by atoms with Crippen LogP contribution in [-0.2, 0) is 4.79 Å². The third-order valence-electron chi connectivity index (χ3n) is 3.27. The van der Waals surface area contributed by atoms with E-state index in [0.29, 0.717) is 19.4 Å². The van der Waals surface area contributed by atoms with E-state index in [-0.39, 0.29) is 18.0 Å². The molecular formula is C12H22N2O3. The van der Waals surface area contributed by atoms with E-state index in [1.54, 1.807) is 4.90 Å². The average Bonchev–Trinajstić information content (AvgIpc) is 2.74. The van der Waals surface area contributed by atoms with Gasteiger partial charge in [0.2, 0.25) is 0 Å². The van der Waals surface area contributed by atoms with Gasteiger partial charge in [-0.05, 0) is 32.6 Å². The van der Waals surface area contributed by atoms with Crippen LogP contribution in [0.15, 0.2) is 0 Å². The number of hydrogen-bond donors (Lipinski definition) is 2. The summed E-state index contributed by atoms with van der Waals surface area (Å²) in [5, 5.41) is 11.8. The molecule has 5 nitrogen and oxygen atoms in total. The number of hydrogen-bond acceptors (Lipinski definition) is 2. The highest BCUT2D eigenvalue weighted by molar-refractivity contribution is 5.75. The summed E-state index contributed by atoms with van der Waals surface area (Å²) in [5.41, 5.74) is 0. The Kier molecular flexibility index (Phi) is 5.25. The lowest BCUT2D eigenvalue weighted by Crippen LogP contribution is -2.44. The Morgan fingerprint density at radius 2 is 2.06 bits per heavy atom. The van der Waals surface area contributed by atoms with E-state index in [1.807, 2.05) is 13.8 Å². The molecule has 0 aliphatic heterocycles. The summed E-state index contributed by atoms with van der Waals surface area (Å²) in [6.45, 7) is 5.42. The van der Waals surface area contributed by atoms with Gasteiger partial charge in [-0.15, -0.1) is 0 Å². The second kappa shape index (κ2) is 6.47. The molecule has 17 heavy (non-hydrogen) atoms. The van der Waals surface area contributed by atoms with Crippen molar-refractivity contribution in [3.05, 3.63) is 0 Å². The summed E-state index contributed by atoms with van der Waals surface area (Å²) in [6, 6.07) is -0.0418. The van der Waals surface area contributed by atoms with Gasteiger partial charge in [0.15, 0.2) is 0 Å². The number of amides is 2. The standard InChI is InChI=1S/C12H22N2O3/c1-3-7-14(4-2)12(17)13-10-6-5-9(8-10)11(15)16/h9-10H,3-8H2,1-2H3,(H,13,17)(H,15,16). The van der Waals surface area contributed by atoms with Crippen LogP contribution in [0.3, 0.4) is 0 Å². The van der Waals surface area contributed by atoms with Gasteiger partial charge in [-0.1, -0.05) is 6.92 Å². The van der Waals surface area contributed by atoms with E-state index in [1.165, 1.54) is 0 Å². The van der Waals surface area contributed by atoms with Gasteiger partial charge in [0, 0.05) is 19.1 Å². The third kappa shape index (κ3) is 3.91. The Morgan fingerprint density at radius 3 is 2.53 bits per heavy atom. The van der Waals surface area contributed by atoms with E-state index >= 15 is 0 Å². The van der Waals surface area contributed by atoms with Crippen molar-refractivity contribution < 1.29 is 14.7 Å². The Bertz CT molecular complexity index is 281. The minimum atomic E-state index is -0.748. The molecule has 0 bridgehead atoms. The molecule has 2 N–H and O–H groups in total. The zero-order chi connectivity index (χ0) is 12.8. The molecule has 1 aliphatic rings. The molecule has 0 aromatic rings. The van der Waals surface area contributed by atoms with Crippen molar-refractivity contribution in [1.29, 1.82) is 0 Å². The number of nitrogens with zero attached hydrogens (tertiary/aromatic N) is 1. The van der Waals surface area contributed by atoms with Crippen molar-refractivity contribution in [2.24, 2.45) is 5.92 Å². The lowest BCUT2D eigenvalue weighted by molar-refractivity contribution is -0.141. The van der Waals surface area contributed by atoms with E-state index in [0.717, 1.165) is 19.4 Å². The zero-order valence-electron chi connectivity index (χ0n) is 10.6. The molecule has 0 aromatic heterocycles. The van der Waals surface area contributed by atoms with E-state index in [2.05, 4.69) is 5.32 Å². The van der Waals surface area contributed by atoms with E-state index < -0.39 is 5.97 Å². The molecular weight excluding hydrogens is 220 g/mol. The predicted molar refractivity (Wildman–Crippen MR) is 64.8 cm³/mol. The van der Waals surface area contributed by atoms with E-state index in [4.69, 9.17) is 5.11 Å². The first-order valence-corrected chi connectivity index (χ1v) is 6.36. The summed E-state index contributed by atoms with van der Waals surface area (Å²) in [5.74, 6) is -1.04. The summed E-state index contributed by atoms with van der Waals surface area (Å²) in [6.07, 6.45) is 2.93. The fourth-order valence-corrected chi connectivity index (χ4v) is 2.28. The number of rotatable bonds is 5. The Hall–Kier alpha value is -1.26. The Balaban J connectivity index is 2.39. The van der Waals surface area contributed by atoms with Crippen LogP contribution >= 0.6 is 0 Å². The van der Waals surface area contributed by atoms with Gasteiger partial charge in [-0.25, -0.2) is 4.79 Å². The molecule has 98 valence electrons. The fraction of sp³-hybridized carbons (Fsp3) is 0.833. The normalized spacial score (nSPS) is 23.4. The fourth-order valence-electron chi connectivity index (χ4n) is 2.28. The second-order valence-corrected chi connectivity index (χ2v) is 4.57. The van der Waals surface area contributed by atoms with Crippen LogP contribution in [0.2, 0.25) is 0 Å². The molecule has 1 aliphatic carbocycles. The molecule has 0 heterocycles. The number of carboxylic acids is 1. The molecule has 1 saturated carbocycles. The smallest absolute Gasteiger partial charge is 0.317 e. The zero-order valence-corrected chi connectivity index (χ0v) is 10.6. The van der Waals surface area contributed by atoms with Crippen LogP contribution in [0.4, 0.5) is 4.79 Å². The van der Waals surface area contributed by atoms with Crippen molar-refractivity contribution in [3.8, 4) is 0 Å². The molecule has 0 saturated heterocycles. The predicted octanol–water partition coefficient (Wildman–Crippen LogP) is 1.68. The summed E-state index contributed by atoms with van der Waals surface area (Å²) in [4.78, 5) is 24.4. The van der Waals surface area contributed by atoms with Gasteiger partial charge in [0.1, 0.15) is 0 Å².